The van der Waals surface area contributed by atoms with Gasteiger partial charge in [-0.25, -0.2) is 0 Å². The van der Waals surface area contributed by atoms with E-state index in [4.69, 9.17) is 9.97 Å². The standard InChI is InChI=1S/C20H32N6/c1-2-3-6-21-17-23-18(22-16-4-5-16)25-19(24-17)26-20-10-13-7-14(11-20)9-15(8-13)12-20/h13-16H,2-12H2,1H3,(H3,21,22,23,24,25,26). The minimum Gasteiger partial charge on any atom is -0.354 e. The monoisotopic (exact) mass is 356 g/mol. The van der Waals surface area contributed by atoms with Crippen molar-refractivity contribution in [3.8, 4) is 0 Å². The summed E-state index contributed by atoms with van der Waals surface area (Å²) >= 11 is 0. The van der Waals surface area contributed by atoms with Crippen molar-refractivity contribution in [1.29, 1.82) is 0 Å². The molecular formula is C20H32N6. The van der Waals surface area contributed by atoms with E-state index in [0.717, 1.165) is 42.6 Å². The van der Waals surface area contributed by atoms with Crippen molar-refractivity contribution < 1.29 is 0 Å². The van der Waals surface area contributed by atoms with Crippen LogP contribution in [-0.4, -0.2) is 33.1 Å². The second-order valence-electron chi connectivity index (χ2n) is 9.33. The molecule has 6 heteroatoms. The Morgan fingerprint density at radius 3 is 2.12 bits per heavy atom. The minimum absolute atomic E-state index is 0.230. The van der Waals surface area contributed by atoms with Crippen LogP contribution in [0.15, 0.2) is 0 Å². The summed E-state index contributed by atoms with van der Waals surface area (Å²) in [6.45, 7) is 3.12. The smallest absolute Gasteiger partial charge is 0.229 e. The molecule has 1 aromatic rings. The molecule has 6 nitrogen and oxygen atoms in total. The van der Waals surface area contributed by atoms with E-state index in [9.17, 15) is 0 Å². The van der Waals surface area contributed by atoms with E-state index in [1.807, 2.05) is 0 Å². The van der Waals surface area contributed by atoms with E-state index >= 15 is 0 Å². The molecule has 142 valence electrons. The molecule has 4 bridgehead atoms. The Bertz CT molecular complexity index is 620. The molecule has 0 radical (unpaired) electrons. The first-order valence-electron chi connectivity index (χ1n) is 10.7. The maximum atomic E-state index is 4.73. The Labute approximate surface area is 156 Å². The van der Waals surface area contributed by atoms with E-state index in [1.165, 1.54) is 57.8 Å². The number of rotatable bonds is 8. The highest BCUT2D eigenvalue weighted by molar-refractivity contribution is 5.45. The molecule has 5 saturated carbocycles. The molecule has 0 amide bonds. The van der Waals surface area contributed by atoms with Gasteiger partial charge in [0, 0.05) is 18.1 Å². The van der Waals surface area contributed by atoms with Crippen molar-refractivity contribution in [2.45, 2.75) is 82.7 Å². The first kappa shape index (κ1) is 16.6. The van der Waals surface area contributed by atoms with E-state index < -0.39 is 0 Å². The van der Waals surface area contributed by atoms with Crippen LogP contribution in [0, 0.1) is 17.8 Å². The van der Waals surface area contributed by atoms with Crippen molar-refractivity contribution in [3.63, 3.8) is 0 Å². The number of aromatic nitrogens is 3. The lowest BCUT2D eigenvalue weighted by molar-refractivity contribution is 0.0103. The van der Waals surface area contributed by atoms with Gasteiger partial charge in [0.15, 0.2) is 0 Å². The Kier molecular flexibility index (Phi) is 4.17. The highest BCUT2D eigenvalue weighted by Crippen LogP contribution is 2.56. The number of hydrogen-bond donors (Lipinski definition) is 3. The zero-order valence-corrected chi connectivity index (χ0v) is 15.9. The molecule has 0 spiro atoms. The zero-order chi connectivity index (χ0) is 17.6. The first-order valence-corrected chi connectivity index (χ1v) is 10.7. The predicted octanol–water partition coefficient (Wildman–Crippen LogP) is 4.04. The lowest BCUT2D eigenvalue weighted by Crippen LogP contribution is -2.55. The van der Waals surface area contributed by atoms with Gasteiger partial charge < -0.3 is 16.0 Å². The van der Waals surface area contributed by atoms with Crippen molar-refractivity contribution in [3.05, 3.63) is 0 Å². The van der Waals surface area contributed by atoms with Crippen LogP contribution in [0.1, 0.15) is 71.1 Å². The largest absolute Gasteiger partial charge is 0.354 e. The summed E-state index contributed by atoms with van der Waals surface area (Å²) in [5.74, 6) is 4.96. The van der Waals surface area contributed by atoms with E-state index in [2.05, 4.69) is 27.9 Å². The quantitative estimate of drug-likeness (QED) is 0.611. The summed E-state index contributed by atoms with van der Waals surface area (Å²) in [5, 5.41) is 10.6. The summed E-state index contributed by atoms with van der Waals surface area (Å²) in [6, 6.07) is 0.549. The van der Waals surface area contributed by atoms with Crippen LogP contribution in [0.2, 0.25) is 0 Å². The average molecular weight is 357 g/mol. The Hall–Kier alpha value is -1.59. The summed E-state index contributed by atoms with van der Waals surface area (Å²) < 4.78 is 0. The molecule has 0 unspecified atom stereocenters. The van der Waals surface area contributed by atoms with Crippen LogP contribution in [0.3, 0.4) is 0 Å². The highest BCUT2D eigenvalue weighted by Gasteiger charge is 2.51. The third-order valence-corrected chi connectivity index (χ3v) is 6.77. The lowest BCUT2D eigenvalue weighted by atomic mass is 9.53. The van der Waals surface area contributed by atoms with Crippen LogP contribution in [0.4, 0.5) is 17.8 Å². The first-order chi connectivity index (χ1) is 12.7. The van der Waals surface area contributed by atoms with Crippen molar-refractivity contribution in [2.24, 2.45) is 17.8 Å². The van der Waals surface area contributed by atoms with Crippen molar-refractivity contribution in [2.75, 3.05) is 22.5 Å². The Morgan fingerprint density at radius 2 is 1.50 bits per heavy atom. The highest BCUT2D eigenvalue weighted by atomic mass is 15.3. The topological polar surface area (TPSA) is 74.8 Å². The number of nitrogens with zero attached hydrogens (tertiary/aromatic N) is 3. The normalized spacial score (nSPS) is 34.7. The molecule has 0 atom stereocenters. The molecule has 0 aromatic carbocycles. The number of hydrogen-bond acceptors (Lipinski definition) is 6. The zero-order valence-electron chi connectivity index (χ0n) is 15.9. The summed E-state index contributed by atoms with van der Waals surface area (Å²) in [5.41, 5.74) is 0.230. The van der Waals surface area contributed by atoms with Gasteiger partial charge in [0.25, 0.3) is 0 Å². The van der Waals surface area contributed by atoms with Crippen LogP contribution >= 0.6 is 0 Å². The van der Waals surface area contributed by atoms with Gasteiger partial charge in [-0.2, -0.15) is 15.0 Å². The Morgan fingerprint density at radius 1 is 0.885 bits per heavy atom. The van der Waals surface area contributed by atoms with Crippen molar-refractivity contribution in [1.82, 2.24) is 15.0 Å². The van der Waals surface area contributed by atoms with E-state index in [0.29, 0.717) is 12.0 Å². The molecule has 5 aliphatic carbocycles. The second kappa shape index (κ2) is 6.54. The van der Waals surface area contributed by atoms with Gasteiger partial charge >= 0.3 is 0 Å². The van der Waals surface area contributed by atoms with Gasteiger partial charge in [-0.3, -0.25) is 0 Å². The fourth-order valence-corrected chi connectivity index (χ4v) is 5.86. The summed E-state index contributed by atoms with van der Waals surface area (Å²) in [7, 11) is 0. The van der Waals surface area contributed by atoms with Crippen molar-refractivity contribution >= 4 is 17.8 Å². The fraction of sp³-hybridized carbons (Fsp3) is 0.850. The van der Waals surface area contributed by atoms with Gasteiger partial charge in [0.05, 0.1) is 0 Å². The van der Waals surface area contributed by atoms with Gasteiger partial charge in [-0.15, -0.1) is 0 Å². The molecule has 1 aromatic heterocycles. The van der Waals surface area contributed by atoms with Crippen LogP contribution in [0.5, 0.6) is 0 Å². The maximum Gasteiger partial charge on any atom is 0.229 e. The molecule has 5 aliphatic rings. The molecular weight excluding hydrogens is 324 g/mol. The van der Waals surface area contributed by atoms with Gasteiger partial charge in [0.1, 0.15) is 0 Å². The summed E-state index contributed by atoms with van der Waals surface area (Å²) in [4.78, 5) is 14.1. The molecule has 3 N–H and O–H groups in total. The Balaban J connectivity index is 1.35. The number of nitrogens with one attached hydrogen (secondary N) is 3. The van der Waals surface area contributed by atoms with Crippen LogP contribution in [0.25, 0.3) is 0 Å². The van der Waals surface area contributed by atoms with Gasteiger partial charge in [-0.05, 0) is 75.5 Å². The van der Waals surface area contributed by atoms with E-state index in [-0.39, 0.29) is 5.54 Å². The summed E-state index contributed by atoms with van der Waals surface area (Å²) in [6.07, 6.45) is 13.0. The van der Waals surface area contributed by atoms with Crippen LogP contribution < -0.4 is 16.0 Å². The second-order valence-corrected chi connectivity index (χ2v) is 9.33. The van der Waals surface area contributed by atoms with Gasteiger partial charge in [0.2, 0.25) is 17.8 Å². The molecule has 0 saturated heterocycles. The molecule has 26 heavy (non-hydrogen) atoms. The number of anilines is 3. The average Bonchev–Trinajstić information content (AvgIpc) is 3.37. The molecule has 0 aliphatic heterocycles. The minimum atomic E-state index is 0.230. The third kappa shape index (κ3) is 3.47. The molecule has 1 heterocycles. The molecule has 5 fully saturated rings. The van der Waals surface area contributed by atoms with E-state index in [1.54, 1.807) is 0 Å². The van der Waals surface area contributed by atoms with Gasteiger partial charge in [-0.1, -0.05) is 13.3 Å². The SMILES string of the molecule is CCCCNc1nc(NC2CC2)nc(NC23CC4CC(CC(C4)C2)C3)n1. The predicted molar refractivity (Wildman–Crippen MR) is 104 cm³/mol. The maximum absolute atomic E-state index is 4.73. The van der Waals surface area contributed by atoms with Crippen LogP contribution in [-0.2, 0) is 0 Å². The molecule has 6 rings (SSSR count). The number of unbranched alkanes of at least 4 members (excludes halogenated alkanes) is 1. The third-order valence-electron chi connectivity index (χ3n) is 6.77. The fourth-order valence-electron chi connectivity index (χ4n) is 5.86. The lowest BCUT2D eigenvalue weighted by Gasteiger charge is -2.56.